The highest BCUT2D eigenvalue weighted by molar-refractivity contribution is 9.09. The zero-order valence-corrected chi connectivity index (χ0v) is 12.9. The molecule has 21 heavy (non-hydrogen) atoms. The van der Waals surface area contributed by atoms with Crippen LogP contribution in [-0.4, -0.2) is 14.2 Å². The SMILES string of the molecule is COc1ccc(OC)c(C(Br)c2ccc(F)c(F)c2F)c1. The van der Waals surface area contributed by atoms with Gasteiger partial charge in [0.1, 0.15) is 11.5 Å². The average Bonchev–Trinajstić information content (AvgIpc) is 2.51. The monoisotopic (exact) mass is 360 g/mol. The Labute approximate surface area is 128 Å². The van der Waals surface area contributed by atoms with Gasteiger partial charge in [0.15, 0.2) is 17.5 Å². The van der Waals surface area contributed by atoms with E-state index >= 15 is 0 Å². The van der Waals surface area contributed by atoms with Crippen LogP contribution in [-0.2, 0) is 0 Å². The molecule has 0 aromatic heterocycles. The van der Waals surface area contributed by atoms with Gasteiger partial charge in [0, 0.05) is 11.1 Å². The van der Waals surface area contributed by atoms with Gasteiger partial charge in [0.25, 0.3) is 0 Å². The Hall–Kier alpha value is -1.69. The summed E-state index contributed by atoms with van der Waals surface area (Å²) in [5, 5.41) is 0. The third-order valence-corrected chi connectivity index (χ3v) is 4.03. The fraction of sp³-hybridized carbons (Fsp3) is 0.200. The van der Waals surface area contributed by atoms with Crippen molar-refractivity contribution in [2.45, 2.75) is 4.83 Å². The van der Waals surface area contributed by atoms with Crippen molar-refractivity contribution in [3.05, 3.63) is 58.9 Å². The fourth-order valence-electron chi connectivity index (χ4n) is 1.94. The van der Waals surface area contributed by atoms with Gasteiger partial charge < -0.3 is 9.47 Å². The van der Waals surface area contributed by atoms with Gasteiger partial charge in [-0.25, -0.2) is 13.2 Å². The van der Waals surface area contributed by atoms with Crippen molar-refractivity contribution in [1.82, 2.24) is 0 Å². The maximum absolute atomic E-state index is 13.9. The molecule has 2 nitrogen and oxygen atoms in total. The first-order chi connectivity index (χ1) is 9.99. The average molecular weight is 361 g/mol. The third-order valence-electron chi connectivity index (χ3n) is 3.05. The van der Waals surface area contributed by atoms with Gasteiger partial charge in [0.05, 0.1) is 19.0 Å². The second-order valence-electron chi connectivity index (χ2n) is 4.24. The quantitative estimate of drug-likeness (QED) is 0.585. The van der Waals surface area contributed by atoms with Crippen molar-refractivity contribution in [3.63, 3.8) is 0 Å². The Kier molecular flexibility index (Phi) is 4.77. The predicted octanol–water partition coefficient (Wildman–Crippen LogP) is 4.61. The highest BCUT2D eigenvalue weighted by atomic mass is 79.9. The molecule has 2 aromatic carbocycles. The topological polar surface area (TPSA) is 18.5 Å². The van der Waals surface area contributed by atoms with Gasteiger partial charge in [-0.2, -0.15) is 0 Å². The molecule has 0 aliphatic carbocycles. The highest BCUT2D eigenvalue weighted by Crippen LogP contribution is 2.40. The molecule has 0 bridgehead atoms. The molecular weight excluding hydrogens is 349 g/mol. The molecule has 0 heterocycles. The van der Waals surface area contributed by atoms with Crippen LogP contribution >= 0.6 is 15.9 Å². The summed E-state index contributed by atoms with van der Waals surface area (Å²) in [5.74, 6) is -2.95. The number of halogens is 4. The smallest absolute Gasteiger partial charge is 0.194 e. The van der Waals surface area contributed by atoms with E-state index in [0.29, 0.717) is 17.1 Å². The summed E-state index contributed by atoms with van der Waals surface area (Å²) in [6, 6.07) is 7.05. The zero-order valence-electron chi connectivity index (χ0n) is 11.3. The van der Waals surface area contributed by atoms with E-state index in [-0.39, 0.29) is 5.56 Å². The molecule has 1 atom stereocenters. The molecule has 2 rings (SSSR count). The summed E-state index contributed by atoms with van der Waals surface area (Å²) in [4.78, 5) is -0.711. The number of hydrogen-bond donors (Lipinski definition) is 0. The number of ether oxygens (including phenoxy) is 2. The Morgan fingerprint density at radius 3 is 2.24 bits per heavy atom. The minimum atomic E-state index is -1.50. The van der Waals surface area contributed by atoms with Gasteiger partial charge in [-0.3, -0.25) is 0 Å². The first kappa shape index (κ1) is 15.7. The molecule has 0 saturated carbocycles. The van der Waals surface area contributed by atoms with Crippen LogP contribution in [0.1, 0.15) is 16.0 Å². The first-order valence-corrected chi connectivity index (χ1v) is 6.90. The van der Waals surface area contributed by atoms with E-state index < -0.39 is 22.3 Å². The van der Waals surface area contributed by atoms with E-state index in [1.807, 2.05) is 0 Å². The van der Waals surface area contributed by atoms with Crippen molar-refractivity contribution in [2.24, 2.45) is 0 Å². The zero-order chi connectivity index (χ0) is 15.6. The lowest BCUT2D eigenvalue weighted by molar-refractivity contribution is 0.398. The molecule has 0 radical (unpaired) electrons. The van der Waals surface area contributed by atoms with Crippen LogP contribution in [0.3, 0.4) is 0 Å². The van der Waals surface area contributed by atoms with E-state index in [2.05, 4.69) is 15.9 Å². The van der Waals surface area contributed by atoms with E-state index in [1.54, 1.807) is 18.2 Å². The van der Waals surface area contributed by atoms with Crippen LogP contribution in [0.5, 0.6) is 11.5 Å². The molecule has 0 saturated heterocycles. The maximum Gasteiger partial charge on any atom is 0.194 e. The molecule has 0 amide bonds. The molecule has 0 fully saturated rings. The third kappa shape index (κ3) is 3.00. The Morgan fingerprint density at radius 1 is 0.905 bits per heavy atom. The summed E-state index contributed by atoms with van der Waals surface area (Å²) < 4.78 is 50.6. The van der Waals surface area contributed by atoms with Crippen molar-refractivity contribution < 1.29 is 22.6 Å². The number of rotatable bonds is 4. The van der Waals surface area contributed by atoms with Crippen LogP contribution in [0.2, 0.25) is 0 Å². The normalized spacial score (nSPS) is 12.1. The molecule has 0 aliphatic heterocycles. The lowest BCUT2D eigenvalue weighted by Crippen LogP contribution is -2.03. The van der Waals surface area contributed by atoms with Gasteiger partial charge in [-0.1, -0.05) is 22.0 Å². The van der Waals surface area contributed by atoms with Crippen molar-refractivity contribution in [3.8, 4) is 11.5 Å². The van der Waals surface area contributed by atoms with Gasteiger partial charge in [-0.05, 0) is 24.3 Å². The molecule has 112 valence electrons. The molecular formula is C15H12BrF3O2. The molecule has 1 unspecified atom stereocenters. The Morgan fingerprint density at radius 2 is 1.62 bits per heavy atom. The number of benzene rings is 2. The number of hydrogen-bond acceptors (Lipinski definition) is 2. The molecule has 0 N–H and O–H groups in total. The second-order valence-corrected chi connectivity index (χ2v) is 5.15. The van der Waals surface area contributed by atoms with Gasteiger partial charge in [-0.15, -0.1) is 0 Å². The highest BCUT2D eigenvalue weighted by Gasteiger charge is 2.23. The van der Waals surface area contributed by atoms with E-state index in [1.165, 1.54) is 20.3 Å². The van der Waals surface area contributed by atoms with Crippen molar-refractivity contribution in [1.29, 1.82) is 0 Å². The summed E-state index contributed by atoms with van der Waals surface area (Å²) in [6.07, 6.45) is 0. The molecule has 2 aromatic rings. The molecule has 6 heteroatoms. The summed E-state index contributed by atoms with van der Waals surface area (Å²) in [5.41, 5.74) is 0.516. The minimum Gasteiger partial charge on any atom is -0.497 e. The largest absolute Gasteiger partial charge is 0.497 e. The summed E-state index contributed by atoms with van der Waals surface area (Å²) in [6.45, 7) is 0. The van der Waals surface area contributed by atoms with Crippen LogP contribution < -0.4 is 9.47 Å². The Balaban J connectivity index is 2.54. The lowest BCUT2D eigenvalue weighted by atomic mass is 10.0. The predicted molar refractivity (Wildman–Crippen MR) is 76.6 cm³/mol. The van der Waals surface area contributed by atoms with Gasteiger partial charge in [0.2, 0.25) is 0 Å². The van der Waals surface area contributed by atoms with E-state index in [9.17, 15) is 13.2 Å². The van der Waals surface area contributed by atoms with Crippen LogP contribution in [0, 0.1) is 17.5 Å². The Bertz CT molecular complexity index is 662. The minimum absolute atomic E-state index is 0.0274. The fourth-order valence-corrected chi connectivity index (χ4v) is 2.65. The standard InChI is InChI=1S/C15H12BrF3O2/c1-20-8-3-6-12(21-2)10(7-8)13(16)9-4-5-11(17)15(19)14(9)18/h3-7,13H,1-2H3. The van der Waals surface area contributed by atoms with Crippen molar-refractivity contribution in [2.75, 3.05) is 14.2 Å². The molecule has 0 aliphatic rings. The number of methoxy groups -OCH3 is 2. The lowest BCUT2D eigenvalue weighted by Gasteiger charge is -2.16. The van der Waals surface area contributed by atoms with Crippen LogP contribution in [0.25, 0.3) is 0 Å². The summed E-state index contributed by atoms with van der Waals surface area (Å²) >= 11 is 3.29. The molecule has 0 spiro atoms. The second kappa shape index (κ2) is 6.39. The van der Waals surface area contributed by atoms with E-state index in [0.717, 1.165) is 6.07 Å². The van der Waals surface area contributed by atoms with Crippen molar-refractivity contribution >= 4 is 15.9 Å². The maximum atomic E-state index is 13.9. The number of alkyl halides is 1. The van der Waals surface area contributed by atoms with Gasteiger partial charge >= 0.3 is 0 Å². The first-order valence-electron chi connectivity index (χ1n) is 5.99. The summed E-state index contributed by atoms with van der Waals surface area (Å²) in [7, 11) is 2.96. The van der Waals surface area contributed by atoms with E-state index in [4.69, 9.17) is 9.47 Å². The van der Waals surface area contributed by atoms with Crippen LogP contribution in [0.4, 0.5) is 13.2 Å². The van der Waals surface area contributed by atoms with Crippen LogP contribution in [0.15, 0.2) is 30.3 Å².